The minimum Gasteiger partial charge on any atom is -0.444 e. The van der Waals surface area contributed by atoms with Gasteiger partial charge in [-0.25, -0.2) is 4.79 Å². The molecule has 5 heteroatoms. The van der Waals surface area contributed by atoms with E-state index < -0.39 is 5.60 Å². The van der Waals surface area contributed by atoms with Gasteiger partial charge in [0.05, 0.1) is 0 Å². The zero-order chi connectivity index (χ0) is 20.4. The standard InChI is InChI=1S/C22H34N2O3/c1-21(2,3)17-12-10-16(11-13-17)19(25)23(7)18-9-8-14-24(15-18)20(26)27-22(4,5)6/h10-13,18H,8-9,14-15H2,1-7H3/t18-/m1/s1. The first-order valence-electron chi connectivity index (χ1n) is 9.74. The highest BCUT2D eigenvalue weighted by Crippen LogP contribution is 2.24. The summed E-state index contributed by atoms with van der Waals surface area (Å²) in [6, 6.07) is 7.84. The monoisotopic (exact) mass is 374 g/mol. The Morgan fingerprint density at radius 3 is 2.19 bits per heavy atom. The lowest BCUT2D eigenvalue weighted by Crippen LogP contribution is -2.51. The van der Waals surface area contributed by atoms with E-state index in [0.717, 1.165) is 12.8 Å². The van der Waals surface area contributed by atoms with E-state index in [2.05, 4.69) is 20.8 Å². The van der Waals surface area contributed by atoms with Crippen LogP contribution in [0, 0.1) is 0 Å². The van der Waals surface area contributed by atoms with Gasteiger partial charge in [0, 0.05) is 31.7 Å². The molecule has 0 aromatic heterocycles. The van der Waals surface area contributed by atoms with Gasteiger partial charge in [-0.15, -0.1) is 0 Å². The molecule has 1 aliphatic rings. The molecule has 5 nitrogen and oxygen atoms in total. The number of rotatable bonds is 2. The van der Waals surface area contributed by atoms with Gasteiger partial charge in [-0.05, 0) is 56.7 Å². The Morgan fingerprint density at radius 1 is 1.07 bits per heavy atom. The third kappa shape index (κ3) is 5.72. The molecule has 1 aliphatic heterocycles. The second-order valence-electron chi connectivity index (χ2n) is 9.47. The van der Waals surface area contributed by atoms with Crippen molar-refractivity contribution in [3.8, 4) is 0 Å². The maximum Gasteiger partial charge on any atom is 0.410 e. The molecule has 1 aromatic rings. The van der Waals surface area contributed by atoms with Crippen LogP contribution in [-0.2, 0) is 10.2 Å². The number of piperidine rings is 1. The SMILES string of the molecule is CN(C(=O)c1ccc(C(C)(C)C)cc1)[C@@H]1CCCN(C(=O)OC(C)(C)C)C1. The molecule has 0 saturated carbocycles. The molecule has 1 heterocycles. The number of hydrogen-bond donors (Lipinski definition) is 0. The third-order valence-electron chi connectivity index (χ3n) is 4.91. The summed E-state index contributed by atoms with van der Waals surface area (Å²) in [6.45, 7) is 13.2. The van der Waals surface area contributed by atoms with E-state index in [-0.39, 0.29) is 23.5 Å². The van der Waals surface area contributed by atoms with Gasteiger partial charge in [0.1, 0.15) is 5.60 Å². The fourth-order valence-corrected chi connectivity index (χ4v) is 3.25. The number of nitrogens with zero attached hydrogens (tertiary/aromatic N) is 2. The number of carbonyl (C=O) groups excluding carboxylic acids is 2. The van der Waals surface area contributed by atoms with Crippen molar-refractivity contribution in [2.24, 2.45) is 0 Å². The number of benzene rings is 1. The van der Waals surface area contributed by atoms with E-state index in [1.807, 2.05) is 52.1 Å². The molecule has 1 fully saturated rings. The Morgan fingerprint density at radius 2 is 1.67 bits per heavy atom. The molecule has 150 valence electrons. The average Bonchev–Trinajstić information content (AvgIpc) is 2.58. The second kappa shape index (κ2) is 7.91. The topological polar surface area (TPSA) is 49.9 Å². The molecule has 0 aliphatic carbocycles. The molecular weight excluding hydrogens is 340 g/mol. The van der Waals surface area contributed by atoms with E-state index >= 15 is 0 Å². The molecule has 0 unspecified atom stereocenters. The van der Waals surface area contributed by atoms with Crippen molar-refractivity contribution in [2.45, 2.75) is 71.4 Å². The molecular formula is C22H34N2O3. The molecule has 27 heavy (non-hydrogen) atoms. The van der Waals surface area contributed by atoms with Gasteiger partial charge in [0.25, 0.3) is 5.91 Å². The highest BCUT2D eigenvalue weighted by Gasteiger charge is 2.31. The van der Waals surface area contributed by atoms with Crippen LogP contribution in [0.15, 0.2) is 24.3 Å². The van der Waals surface area contributed by atoms with E-state index in [4.69, 9.17) is 4.74 Å². The molecule has 0 bridgehead atoms. The molecule has 1 atom stereocenters. The first kappa shape index (κ1) is 21.3. The highest BCUT2D eigenvalue weighted by molar-refractivity contribution is 5.94. The van der Waals surface area contributed by atoms with E-state index in [1.54, 1.807) is 9.80 Å². The van der Waals surface area contributed by atoms with Crippen molar-refractivity contribution >= 4 is 12.0 Å². The summed E-state index contributed by atoms with van der Waals surface area (Å²) in [7, 11) is 1.82. The van der Waals surface area contributed by atoms with Gasteiger partial charge in [0.2, 0.25) is 0 Å². The van der Waals surface area contributed by atoms with Gasteiger partial charge in [-0.2, -0.15) is 0 Å². The summed E-state index contributed by atoms with van der Waals surface area (Å²) < 4.78 is 5.48. The van der Waals surface area contributed by atoms with Crippen molar-refractivity contribution in [3.63, 3.8) is 0 Å². The number of hydrogen-bond acceptors (Lipinski definition) is 3. The Balaban J connectivity index is 2.04. The Labute approximate surface area is 163 Å². The van der Waals surface area contributed by atoms with Crippen LogP contribution in [0.4, 0.5) is 4.79 Å². The predicted molar refractivity (Wildman–Crippen MR) is 108 cm³/mol. The lowest BCUT2D eigenvalue weighted by molar-refractivity contribution is 0.0123. The van der Waals surface area contributed by atoms with Gasteiger partial charge < -0.3 is 14.5 Å². The number of amides is 2. The second-order valence-corrected chi connectivity index (χ2v) is 9.47. The summed E-state index contributed by atoms with van der Waals surface area (Å²) in [5.74, 6) is -0.00787. The van der Waals surface area contributed by atoms with Crippen LogP contribution in [0.25, 0.3) is 0 Å². The van der Waals surface area contributed by atoms with Crippen molar-refractivity contribution in [1.82, 2.24) is 9.80 Å². The van der Waals surface area contributed by atoms with Crippen molar-refractivity contribution < 1.29 is 14.3 Å². The maximum atomic E-state index is 12.9. The summed E-state index contributed by atoms with van der Waals surface area (Å²) in [4.78, 5) is 28.7. The third-order valence-corrected chi connectivity index (χ3v) is 4.91. The average molecular weight is 375 g/mol. The number of carbonyl (C=O) groups is 2. The van der Waals surface area contributed by atoms with Crippen molar-refractivity contribution in [1.29, 1.82) is 0 Å². The van der Waals surface area contributed by atoms with Gasteiger partial charge >= 0.3 is 6.09 Å². The zero-order valence-electron chi connectivity index (χ0n) is 17.8. The minimum atomic E-state index is -0.513. The fraction of sp³-hybridized carbons (Fsp3) is 0.636. The number of likely N-dealkylation sites (tertiary alicyclic amines) is 1. The molecule has 0 N–H and O–H groups in total. The van der Waals surface area contributed by atoms with Crippen LogP contribution in [0.1, 0.15) is 70.3 Å². The molecule has 2 rings (SSSR count). The smallest absolute Gasteiger partial charge is 0.410 e. The van der Waals surface area contributed by atoms with E-state index in [0.29, 0.717) is 18.7 Å². The first-order chi connectivity index (χ1) is 12.4. The number of ether oxygens (including phenoxy) is 1. The molecule has 1 aromatic carbocycles. The van der Waals surface area contributed by atoms with Gasteiger partial charge in [-0.1, -0.05) is 32.9 Å². The Hall–Kier alpha value is -2.04. The highest BCUT2D eigenvalue weighted by atomic mass is 16.6. The van der Waals surface area contributed by atoms with Crippen LogP contribution >= 0.6 is 0 Å². The van der Waals surface area contributed by atoms with Crippen LogP contribution in [0.3, 0.4) is 0 Å². The molecule has 0 spiro atoms. The quantitative estimate of drug-likeness (QED) is 0.768. The summed E-state index contributed by atoms with van der Waals surface area (Å²) in [5, 5.41) is 0. The van der Waals surface area contributed by atoms with Crippen molar-refractivity contribution in [3.05, 3.63) is 35.4 Å². The summed E-state index contributed by atoms with van der Waals surface area (Å²) in [5.41, 5.74) is 1.43. The van der Waals surface area contributed by atoms with Gasteiger partial charge in [-0.3, -0.25) is 4.79 Å². The maximum absolute atomic E-state index is 12.9. The van der Waals surface area contributed by atoms with E-state index in [9.17, 15) is 9.59 Å². The first-order valence-corrected chi connectivity index (χ1v) is 9.74. The molecule has 2 amide bonds. The number of likely N-dealkylation sites (N-methyl/N-ethyl adjacent to an activating group) is 1. The lowest BCUT2D eigenvalue weighted by atomic mass is 9.86. The minimum absolute atomic E-state index is 0.000982. The van der Waals surface area contributed by atoms with Crippen LogP contribution < -0.4 is 0 Å². The Kier molecular flexibility index (Phi) is 6.23. The van der Waals surface area contributed by atoms with Crippen molar-refractivity contribution in [2.75, 3.05) is 20.1 Å². The van der Waals surface area contributed by atoms with E-state index in [1.165, 1.54) is 5.56 Å². The lowest BCUT2D eigenvalue weighted by Gasteiger charge is -2.38. The molecule has 1 saturated heterocycles. The zero-order valence-corrected chi connectivity index (χ0v) is 17.8. The largest absolute Gasteiger partial charge is 0.444 e. The van der Waals surface area contributed by atoms with Crippen LogP contribution in [-0.4, -0.2) is 53.6 Å². The fourth-order valence-electron chi connectivity index (χ4n) is 3.25. The normalized spacial score (nSPS) is 18.2. The molecule has 0 radical (unpaired) electrons. The van der Waals surface area contributed by atoms with Crippen LogP contribution in [0.2, 0.25) is 0 Å². The summed E-state index contributed by atoms with van der Waals surface area (Å²) >= 11 is 0. The van der Waals surface area contributed by atoms with Crippen LogP contribution in [0.5, 0.6) is 0 Å². The summed E-state index contributed by atoms with van der Waals surface area (Å²) in [6.07, 6.45) is 1.45. The Bertz CT molecular complexity index is 668. The predicted octanol–water partition coefficient (Wildman–Crippen LogP) is 4.46. The van der Waals surface area contributed by atoms with Gasteiger partial charge in [0.15, 0.2) is 0 Å².